The number of thiocarbonyl (C=S) groups is 1. The number of nitrogens with zero attached hydrogens (tertiary/aromatic N) is 2. The van der Waals surface area contributed by atoms with Gasteiger partial charge in [-0.1, -0.05) is 65.2 Å². The molecule has 0 radical (unpaired) electrons. The van der Waals surface area contributed by atoms with Crippen LogP contribution in [0.15, 0.2) is 78.5 Å². The molecular formula is C27H19Cl2N3O2S. The van der Waals surface area contributed by atoms with Gasteiger partial charge in [0.1, 0.15) is 5.57 Å². The summed E-state index contributed by atoms with van der Waals surface area (Å²) in [6, 6.07) is 20.7. The van der Waals surface area contributed by atoms with Crippen LogP contribution in [0.5, 0.6) is 0 Å². The fourth-order valence-electron chi connectivity index (χ4n) is 4.10. The highest BCUT2D eigenvalue weighted by atomic mass is 35.5. The van der Waals surface area contributed by atoms with Gasteiger partial charge in [-0.2, -0.15) is 0 Å². The van der Waals surface area contributed by atoms with Crippen molar-refractivity contribution in [1.82, 2.24) is 9.88 Å². The molecule has 2 heterocycles. The molecule has 1 aliphatic rings. The molecule has 35 heavy (non-hydrogen) atoms. The third-order valence-corrected chi connectivity index (χ3v) is 6.87. The lowest BCUT2D eigenvalue weighted by Crippen LogP contribution is -2.54. The Hall–Kier alpha value is -3.45. The number of amides is 2. The predicted octanol–water partition coefficient (Wildman–Crippen LogP) is 6.14. The standard InChI is InChI=1S/C27H19Cl2N3O2S/c1-16-6-9-19(10-7-16)32-26(34)21(25(33)30-27(32)35)13-18-15-31(24-5-3-2-4-20(18)24)14-17-8-11-22(28)23(29)12-17/h2-13,15H,14H2,1H3,(H,30,33,35)/b21-13+. The van der Waals surface area contributed by atoms with Crippen molar-refractivity contribution in [3.8, 4) is 0 Å². The number of carbonyl (C=O) groups excluding carboxylic acids is 2. The Morgan fingerprint density at radius 3 is 2.46 bits per heavy atom. The molecule has 174 valence electrons. The van der Waals surface area contributed by atoms with E-state index in [1.165, 1.54) is 4.90 Å². The molecule has 0 atom stereocenters. The Balaban J connectivity index is 1.56. The molecule has 1 aliphatic heterocycles. The molecule has 3 aromatic carbocycles. The average molecular weight is 520 g/mol. The molecule has 1 N–H and O–H groups in total. The number of rotatable bonds is 4. The zero-order chi connectivity index (χ0) is 24.7. The van der Waals surface area contributed by atoms with Crippen LogP contribution in [0.4, 0.5) is 5.69 Å². The maximum absolute atomic E-state index is 13.4. The molecule has 5 nitrogen and oxygen atoms in total. The number of nitrogens with one attached hydrogen (secondary N) is 1. The number of carbonyl (C=O) groups is 2. The molecule has 0 bridgehead atoms. The quantitative estimate of drug-likeness (QED) is 0.200. The predicted molar refractivity (Wildman–Crippen MR) is 145 cm³/mol. The number of fused-ring (bicyclic) bond motifs is 1. The molecular weight excluding hydrogens is 501 g/mol. The first-order valence-corrected chi connectivity index (χ1v) is 12.0. The molecule has 1 fully saturated rings. The van der Waals surface area contributed by atoms with Crippen molar-refractivity contribution in [1.29, 1.82) is 0 Å². The van der Waals surface area contributed by atoms with Crippen LogP contribution in [0, 0.1) is 6.92 Å². The van der Waals surface area contributed by atoms with Gasteiger partial charge in [0.15, 0.2) is 5.11 Å². The second-order valence-electron chi connectivity index (χ2n) is 8.27. The summed E-state index contributed by atoms with van der Waals surface area (Å²) in [6.07, 6.45) is 3.54. The van der Waals surface area contributed by atoms with Crippen molar-refractivity contribution in [2.75, 3.05) is 4.90 Å². The highest BCUT2D eigenvalue weighted by molar-refractivity contribution is 7.80. The van der Waals surface area contributed by atoms with Gasteiger partial charge in [0.05, 0.1) is 15.7 Å². The van der Waals surface area contributed by atoms with Gasteiger partial charge < -0.3 is 4.57 Å². The number of halogens is 2. The Morgan fingerprint density at radius 2 is 1.71 bits per heavy atom. The van der Waals surface area contributed by atoms with Crippen molar-refractivity contribution in [3.63, 3.8) is 0 Å². The average Bonchev–Trinajstić information content (AvgIpc) is 3.17. The van der Waals surface area contributed by atoms with Crippen LogP contribution >= 0.6 is 35.4 Å². The van der Waals surface area contributed by atoms with Gasteiger partial charge in [-0.15, -0.1) is 0 Å². The number of aromatic nitrogens is 1. The van der Waals surface area contributed by atoms with Crippen molar-refractivity contribution in [2.24, 2.45) is 0 Å². The topological polar surface area (TPSA) is 54.3 Å². The monoisotopic (exact) mass is 519 g/mol. The van der Waals surface area contributed by atoms with E-state index in [2.05, 4.69) is 9.88 Å². The molecule has 0 aliphatic carbocycles. The zero-order valence-corrected chi connectivity index (χ0v) is 20.9. The molecule has 1 saturated heterocycles. The van der Waals surface area contributed by atoms with Crippen molar-refractivity contribution in [2.45, 2.75) is 13.5 Å². The van der Waals surface area contributed by atoms with Crippen LogP contribution in [0.2, 0.25) is 10.0 Å². The fourth-order valence-corrected chi connectivity index (χ4v) is 4.70. The van der Waals surface area contributed by atoms with Crippen LogP contribution < -0.4 is 10.2 Å². The van der Waals surface area contributed by atoms with Gasteiger partial charge in [-0.05, 0) is 61.1 Å². The van der Waals surface area contributed by atoms with Gasteiger partial charge in [-0.25, -0.2) is 0 Å². The largest absolute Gasteiger partial charge is 0.342 e. The van der Waals surface area contributed by atoms with Crippen molar-refractivity contribution < 1.29 is 9.59 Å². The molecule has 0 spiro atoms. The second-order valence-corrected chi connectivity index (χ2v) is 9.47. The zero-order valence-electron chi connectivity index (χ0n) is 18.6. The minimum absolute atomic E-state index is 0.0108. The second kappa shape index (κ2) is 9.30. The number of aryl methyl sites for hydroxylation is 1. The third kappa shape index (κ3) is 4.48. The summed E-state index contributed by atoms with van der Waals surface area (Å²) in [4.78, 5) is 27.6. The van der Waals surface area contributed by atoms with Crippen LogP contribution in [0.25, 0.3) is 17.0 Å². The number of anilines is 1. The molecule has 8 heteroatoms. The molecule has 4 aromatic rings. The van der Waals surface area contributed by atoms with E-state index < -0.39 is 11.8 Å². The van der Waals surface area contributed by atoms with Gasteiger partial charge in [0.25, 0.3) is 11.8 Å². The number of hydrogen-bond acceptors (Lipinski definition) is 3. The Morgan fingerprint density at radius 1 is 0.971 bits per heavy atom. The first kappa shape index (κ1) is 23.3. The van der Waals surface area contributed by atoms with Crippen molar-refractivity contribution >= 4 is 75.0 Å². The van der Waals surface area contributed by atoms with E-state index in [0.717, 1.165) is 27.6 Å². The van der Waals surface area contributed by atoms with Crippen LogP contribution in [-0.2, 0) is 16.1 Å². The van der Waals surface area contributed by atoms with E-state index in [1.54, 1.807) is 24.3 Å². The minimum Gasteiger partial charge on any atom is -0.342 e. The van der Waals surface area contributed by atoms with Crippen LogP contribution in [0.3, 0.4) is 0 Å². The summed E-state index contributed by atoms with van der Waals surface area (Å²) >= 11 is 17.6. The van der Waals surface area contributed by atoms with Crippen molar-refractivity contribution in [3.05, 3.63) is 105 Å². The Kier molecular flexibility index (Phi) is 6.19. The lowest BCUT2D eigenvalue weighted by atomic mass is 10.1. The fraction of sp³-hybridized carbons (Fsp3) is 0.0741. The van der Waals surface area contributed by atoms with E-state index in [1.807, 2.05) is 61.7 Å². The van der Waals surface area contributed by atoms with E-state index in [4.69, 9.17) is 35.4 Å². The normalized spacial score (nSPS) is 15.2. The molecule has 0 saturated carbocycles. The number of hydrogen-bond donors (Lipinski definition) is 1. The number of benzene rings is 3. The van der Waals surface area contributed by atoms with E-state index in [9.17, 15) is 9.59 Å². The minimum atomic E-state index is -0.523. The first-order chi connectivity index (χ1) is 16.8. The maximum atomic E-state index is 13.4. The lowest BCUT2D eigenvalue weighted by molar-refractivity contribution is -0.122. The van der Waals surface area contributed by atoms with Gasteiger partial charge in [0, 0.05) is 29.2 Å². The number of para-hydroxylation sites is 1. The maximum Gasteiger partial charge on any atom is 0.270 e. The molecule has 2 amide bonds. The summed E-state index contributed by atoms with van der Waals surface area (Å²) in [5, 5.41) is 4.60. The molecule has 0 unspecified atom stereocenters. The lowest BCUT2D eigenvalue weighted by Gasteiger charge is -2.29. The third-order valence-electron chi connectivity index (χ3n) is 5.85. The smallest absolute Gasteiger partial charge is 0.270 e. The Labute approximate surface area is 217 Å². The highest BCUT2D eigenvalue weighted by Crippen LogP contribution is 2.29. The summed E-state index contributed by atoms with van der Waals surface area (Å²) in [5.74, 6) is -0.992. The van der Waals surface area contributed by atoms with E-state index >= 15 is 0 Å². The van der Waals surface area contributed by atoms with Gasteiger partial charge >= 0.3 is 0 Å². The summed E-state index contributed by atoms with van der Waals surface area (Å²) in [6.45, 7) is 2.50. The summed E-state index contributed by atoms with van der Waals surface area (Å²) in [7, 11) is 0. The van der Waals surface area contributed by atoms with E-state index in [-0.39, 0.29) is 10.7 Å². The van der Waals surface area contributed by atoms with Crippen LogP contribution in [-0.4, -0.2) is 21.5 Å². The highest BCUT2D eigenvalue weighted by Gasteiger charge is 2.34. The molecule has 5 rings (SSSR count). The van der Waals surface area contributed by atoms with Crippen LogP contribution in [0.1, 0.15) is 16.7 Å². The SMILES string of the molecule is Cc1ccc(N2C(=O)/C(=C/c3cn(Cc4ccc(Cl)c(Cl)c4)c4ccccc34)C(=O)NC2=S)cc1. The summed E-state index contributed by atoms with van der Waals surface area (Å²) in [5.41, 5.74) is 4.34. The Bertz CT molecular complexity index is 1540. The molecule has 1 aromatic heterocycles. The van der Waals surface area contributed by atoms with Gasteiger partial charge in [0.2, 0.25) is 0 Å². The van der Waals surface area contributed by atoms with Gasteiger partial charge in [-0.3, -0.25) is 19.8 Å². The summed E-state index contributed by atoms with van der Waals surface area (Å²) < 4.78 is 2.05. The first-order valence-electron chi connectivity index (χ1n) is 10.8. The van der Waals surface area contributed by atoms with E-state index in [0.29, 0.717) is 22.3 Å².